The molecule has 18 heavy (non-hydrogen) atoms. The van der Waals surface area contributed by atoms with Crippen LogP contribution in [-0.4, -0.2) is 4.98 Å². The Morgan fingerprint density at radius 2 is 1.89 bits per heavy atom. The minimum Gasteiger partial charge on any atom is -0.377 e. The zero-order chi connectivity index (χ0) is 13.0. The Morgan fingerprint density at radius 1 is 1.17 bits per heavy atom. The lowest BCUT2D eigenvalue weighted by Crippen LogP contribution is -2.09. The summed E-state index contributed by atoms with van der Waals surface area (Å²) in [5, 5.41) is 3.41. The Morgan fingerprint density at radius 3 is 2.44 bits per heavy atom. The van der Waals surface area contributed by atoms with Crippen molar-refractivity contribution in [2.45, 2.75) is 26.3 Å². The number of benzene rings is 1. The van der Waals surface area contributed by atoms with E-state index in [0.717, 1.165) is 23.4 Å². The molecule has 2 rings (SSSR count). The number of pyridine rings is 1. The monoisotopic (exact) mass is 244 g/mol. The molecular weight excluding hydrogens is 227 g/mol. The highest BCUT2D eigenvalue weighted by molar-refractivity contribution is 5.43. The molecule has 1 heterocycles. The molecule has 2 aromatic rings. The number of rotatable bonds is 4. The summed E-state index contributed by atoms with van der Waals surface area (Å²) in [4.78, 5) is 4.25. The Balaban J connectivity index is 2.14. The molecule has 0 saturated heterocycles. The summed E-state index contributed by atoms with van der Waals surface area (Å²) >= 11 is 0. The smallest absolute Gasteiger partial charge is 0.123 e. The van der Waals surface area contributed by atoms with Crippen molar-refractivity contribution in [1.82, 2.24) is 4.98 Å². The van der Waals surface area contributed by atoms with E-state index in [1.54, 1.807) is 0 Å². The molecule has 1 unspecified atom stereocenters. The van der Waals surface area contributed by atoms with Crippen molar-refractivity contribution in [2.75, 3.05) is 5.32 Å². The number of halogens is 1. The quantitative estimate of drug-likeness (QED) is 0.876. The lowest BCUT2D eigenvalue weighted by Gasteiger charge is -2.18. The van der Waals surface area contributed by atoms with E-state index in [-0.39, 0.29) is 11.9 Å². The van der Waals surface area contributed by atoms with E-state index in [2.05, 4.69) is 17.2 Å². The minimum atomic E-state index is -0.203. The summed E-state index contributed by atoms with van der Waals surface area (Å²) in [5.41, 5.74) is 3.06. The third kappa shape index (κ3) is 3.06. The van der Waals surface area contributed by atoms with Crippen LogP contribution in [0.3, 0.4) is 0 Å². The maximum absolute atomic E-state index is 12.9. The fourth-order valence-corrected chi connectivity index (χ4v) is 1.87. The second-order valence-corrected chi connectivity index (χ2v) is 4.34. The number of nitrogens with zero attached hydrogens (tertiary/aromatic N) is 1. The average Bonchev–Trinajstić information content (AvgIpc) is 2.39. The molecule has 94 valence electrons. The molecule has 0 aliphatic heterocycles. The molecular formula is C15H17FN2. The fourth-order valence-electron chi connectivity index (χ4n) is 1.87. The summed E-state index contributed by atoms with van der Waals surface area (Å²) < 4.78 is 12.9. The van der Waals surface area contributed by atoms with Crippen molar-refractivity contribution in [1.29, 1.82) is 0 Å². The zero-order valence-electron chi connectivity index (χ0n) is 10.7. The van der Waals surface area contributed by atoms with E-state index in [1.165, 1.54) is 12.1 Å². The number of nitrogens with one attached hydrogen (secondary N) is 1. The molecule has 0 bridgehead atoms. The molecule has 1 atom stereocenters. The molecule has 3 heteroatoms. The van der Waals surface area contributed by atoms with Crippen molar-refractivity contribution in [3.05, 3.63) is 59.7 Å². The summed E-state index contributed by atoms with van der Waals surface area (Å²) in [6.07, 6.45) is 2.75. The van der Waals surface area contributed by atoms with E-state index in [4.69, 9.17) is 0 Å². The van der Waals surface area contributed by atoms with Crippen LogP contribution < -0.4 is 5.32 Å². The maximum atomic E-state index is 12.9. The summed E-state index contributed by atoms with van der Waals surface area (Å²) in [6.45, 7) is 4.06. The Labute approximate surface area is 107 Å². The predicted molar refractivity (Wildman–Crippen MR) is 72.0 cm³/mol. The van der Waals surface area contributed by atoms with Gasteiger partial charge in [0.1, 0.15) is 5.82 Å². The number of aryl methyl sites for hydroxylation is 1. The normalized spacial score (nSPS) is 12.2. The van der Waals surface area contributed by atoms with Gasteiger partial charge < -0.3 is 5.32 Å². The molecule has 0 spiro atoms. The van der Waals surface area contributed by atoms with Crippen molar-refractivity contribution >= 4 is 5.69 Å². The number of hydrogen-bond acceptors (Lipinski definition) is 2. The number of aromatic nitrogens is 1. The van der Waals surface area contributed by atoms with E-state index < -0.39 is 0 Å². The molecule has 0 fully saturated rings. The van der Waals surface area contributed by atoms with Crippen LogP contribution in [0.2, 0.25) is 0 Å². The van der Waals surface area contributed by atoms with E-state index in [9.17, 15) is 4.39 Å². The summed E-state index contributed by atoms with van der Waals surface area (Å²) in [6, 6.07) is 10.8. The van der Waals surface area contributed by atoms with Crippen LogP contribution in [0.15, 0.2) is 42.6 Å². The van der Waals surface area contributed by atoms with Crippen LogP contribution in [0.25, 0.3) is 0 Å². The van der Waals surface area contributed by atoms with Crippen LogP contribution >= 0.6 is 0 Å². The number of hydrogen-bond donors (Lipinski definition) is 1. The molecule has 1 aromatic heterocycles. The van der Waals surface area contributed by atoms with Crippen molar-refractivity contribution in [2.24, 2.45) is 0 Å². The molecule has 0 aliphatic rings. The van der Waals surface area contributed by atoms with Gasteiger partial charge in [0.25, 0.3) is 0 Å². The molecule has 1 aromatic carbocycles. The Hall–Kier alpha value is -1.90. The lowest BCUT2D eigenvalue weighted by molar-refractivity contribution is 0.625. The molecule has 2 nitrogen and oxygen atoms in total. The van der Waals surface area contributed by atoms with Gasteiger partial charge >= 0.3 is 0 Å². The second kappa shape index (κ2) is 5.63. The molecule has 0 amide bonds. The zero-order valence-corrected chi connectivity index (χ0v) is 10.7. The second-order valence-electron chi connectivity index (χ2n) is 4.34. The highest BCUT2D eigenvalue weighted by atomic mass is 19.1. The van der Waals surface area contributed by atoms with Crippen LogP contribution in [0.4, 0.5) is 10.1 Å². The van der Waals surface area contributed by atoms with Gasteiger partial charge in [-0.25, -0.2) is 4.39 Å². The highest BCUT2D eigenvalue weighted by Crippen LogP contribution is 2.22. The minimum absolute atomic E-state index is 0.176. The molecule has 0 radical (unpaired) electrons. The standard InChI is InChI=1S/C15H17FN2/c1-3-15(12-5-7-13(16)8-6-12)18-14-9-4-11(2)17-10-14/h4-10,15,18H,3H2,1-2H3. The van der Waals surface area contributed by atoms with Gasteiger partial charge in [-0.15, -0.1) is 0 Å². The topological polar surface area (TPSA) is 24.9 Å². The average molecular weight is 244 g/mol. The van der Waals surface area contributed by atoms with Gasteiger partial charge in [-0.2, -0.15) is 0 Å². The third-order valence-corrected chi connectivity index (χ3v) is 2.93. The first kappa shape index (κ1) is 12.6. The maximum Gasteiger partial charge on any atom is 0.123 e. The summed E-state index contributed by atoms with van der Waals surface area (Å²) in [5.74, 6) is -0.203. The number of anilines is 1. The Bertz CT molecular complexity index is 491. The van der Waals surface area contributed by atoms with Gasteiger partial charge in [-0.05, 0) is 43.2 Å². The van der Waals surface area contributed by atoms with Gasteiger partial charge in [0, 0.05) is 5.69 Å². The lowest BCUT2D eigenvalue weighted by atomic mass is 10.0. The van der Waals surface area contributed by atoms with Gasteiger partial charge in [-0.1, -0.05) is 19.1 Å². The van der Waals surface area contributed by atoms with Crippen molar-refractivity contribution < 1.29 is 4.39 Å². The first-order valence-corrected chi connectivity index (χ1v) is 6.13. The van der Waals surface area contributed by atoms with Crippen LogP contribution in [-0.2, 0) is 0 Å². The van der Waals surface area contributed by atoms with Crippen molar-refractivity contribution in [3.8, 4) is 0 Å². The van der Waals surface area contributed by atoms with E-state index in [0.29, 0.717) is 0 Å². The van der Waals surface area contributed by atoms with Gasteiger partial charge in [0.05, 0.1) is 17.9 Å². The predicted octanol–water partition coefficient (Wildman–Crippen LogP) is 4.09. The molecule has 0 saturated carbocycles. The van der Waals surface area contributed by atoms with Crippen LogP contribution in [0.5, 0.6) is 0 Å². The SMILES string of the molecule is CCC(Nc1ccc(C)nc1)c1ccc(F)cc1. The van der Waals surface area contributed by atoms with E-state index in [1.807, 2.05) is 37.4 Å². The van der Waals surface area contributed by atoms with Crippen molar-refractivity contribution in [3.63, 3.8) is 0 Å². The van der Waals surface area contributed by atoms with Crippen LogP contribution in [0, 0.1) is 12.7 Å². The first-order chi connectivity index (χ1) is 8.69. The van der Waals surface area contributed by atoms with Gasteiger partial charge in [0.15, 0.2) is 0 Å². The first-order valence-electron chi connectivity index (χ1n) is 6.13. The van der Waals surface area contributed by atoms with Gasteiger partial charge in [0.2, 0.25) is 0 Å². The van der Waals surface area contributed by atoms with Gasteiger partial charge in [-0.3, -0.25) is 4.98 Å². The third-order valence-electron chi connectivity index (χ3n) is 2.93. The van der Waals surface area contributed by atoms with E-state index >= 15 is 0 Å². The van der Waals surface area contributed by atoms with Crippen LogP contribution in [0.1, 0.15) is 30.6 Å². The largest absolute Gasteiger partial charge is 0.377 e. The molecule has 0 aliphatic carbocycles. The molecule has 1 N–H and O–H groups in total. The summed E-state index contributed by atoms with van der Waals surface area (Å²) in [7, 11) is 0. The highest BCUT2D eigenvalue weighted by Gasteiger charge is 2.09. The fraction of sp³-hybridized carbons (Fsp3) is 0.267. The Kier molecular flexibility index (Phi) is 3.92.